The standard InChI is InChI=1S/C20H21N7O3/c1-15-4-2-3-5-18(15)20-21-23-26(22-20)14-19(28)25-12-10-24(11-13-25)16-6-8-17(9-7-16)27(29)30/h2-9H,10-14H2,1H3. The lowest BCUT2D eigenvalue weighted by Crippen LogP contribution is -2.49. The largest absolute Gasteiger partial charge is 0.368 e. The number of rotatable bonds is 5. The van der Waals surface area contributed by atoms with Crippen molar-refractivity contribution in [3.63, 3.8) is 0 Å². The number of tetrazole rings is 1. The Morgan fingerprint density at radius 1 is 1.07 bits per heavy atom. The van der Waals surface area contributed by atoms with Crippen LogP contribution in [0.1, 0.15) is 5.56 Å². The van der Waals surface area contributed by atoms with E-state index in [0.717, 1.165) is 16.8 Å². The Kier molecular flexibility index (Phi) is 5.38. The van der Waals surface area contributed by atoms with Gasteiger partial charge in [-0.3, -0.25) is 14.9 Å². The summed E-state index contributed by atoms with van der Waals surface area (Å²) in [5.41, 5.74) is 2.92. The van der Waals surface area contributed by atoms with Crippen LogP contribution in [0.25, 0.3) is 11.4 Å². The number of amides is 1. The molecule has 1 amide bonds. The van der Waals surface area contributed by atoms with Gasteiger partial charge in [0.15, 0.2) is 0 Å². The first kappa shape index (κ1) is 19.5. The average Bonchev–Trinajstić information content (AvgIpc) is 3.22. The minimum atomic E-state index is -0.414. The Hall–Kier alpha value is -3.82. The number of piperazine rings is 1. The fraction of sp³-hybridized carbons (Fsp3) is 0.300. The maximum absolute atomic E-state index is 12.6. The third kappa shape index (κ3) is 4.12. The molecule has 10 heteroatoms. The number of hydrogen-bond donors (Lipinski definition) is 0. The molecule has 0 unspecified atom stereocenters. The molecule has 1 aromatic heterocycles. The number of non-ortho nitro benzene ring substituents is 1. The van der Waals surface area contributed by atoms with E-state index in [4.69, 9.17) is 0 Å². The average molecular weight is 407 g/mol. The zero-order valence-electron chi connectivity index (χ0n) is 16.5. The van der Waals surface area contributed by atoms with Crippen LogP contribution < -0.4 is 4.90 Å². The molecule has 1 aliphatic heterocycles. The quantitative estimate of drug-likeness (QED) is 0.469. The van der Waals surface area contributed by atoms with Gasteiger partial charge in [0, 0.05) is 49.6 Å². The molecule has 10 nitrogen and oxygen atoms in total. The van der Waals surface area contributed by atoms with Crippen LogP contribution in [0.5, 0.6) is 0 Å². The van der Waals surface area contributed by atoms with E-state index in [-0.39, 0.29) is 18.1 Å². The minimum absolute atomic E-state index is 0.0381. The monoisotopic (exact) mass is 407 g/mol. The first-order valence-corrected chi connectivity index (χ1v) is 9.62. The second-order valence-corrected chi connectivity index (χ2v) is 7.10. The zero-order chi connectivity index (χ0) is 21.1. The van der Waals surface area contributed by atoms with Crippen LogP contribution >= 0.6 is 0 Å². The molecule has 0 aliphatic carbocycles. The maximum atomic E-state index is 12.6. The maximum Gasteiger partial charge on any atom is 0.269 e. The lowest BCUT2D eigenvalue weighted by atomic mass is 10.1. The van der Waals surface area contributed by atoms with Crippen molar-refractivity contribution in [3.05, 3.63) is 64.2 Å². The first-order chi connectivity index (χ1) is 14.5. The topological polar surface area (TPSA) is 110 Å². The van der Waals surface area contributed by atoms with Gasteiger partial charge in [0.1, 0.15) is 6.54 Å². The van der Waals surface area contributed by atoms with Crippen molar-refractivity contribution in [2.45, 2.75) is 13.5 Å². The predicted octanol–water partition coefficient (Wildman–Crippen LogP) is 1.91. The highest BCUT2D eigenvalue weighted by Crippen LogP contribution is 2.21. The predicted molar refractivity (Wildman–Crippen MR) is 110 cm³/mol. The number of nitro groups is 1. The third-order valence-corrected chi connectivity index (χ3v) is 5.17. The van der Waals surface area contributed by atoms with Crippen molar-refractivity contribution in [3.8, 4) is 11.4 Å². The van der Waals surface area contributed by atoms with E-state index in [1.165, 1.54) is 16.9 Å². The lowest BCUT2D eigenvalue weighted by Gasteiger charge is -2.36. The fourth-order valence-corrected chi connectivity index (χ4v) is 3.46. The van der Waals surface area contributed by atoms with Gasteiger partial charge in [-0.05, 0) is 29.8 Å². The molecule has 0 N–H and O–H groups in total. The summed E-state index contributed by atoms with van der Waals surface area (Å²) in [5, 5.41) is 23.2. The number of carbonyl (C=O) groups excluding carboxylic acids is 1. The third-order valence-electron chi connectivity index (χ3n) is 5.17. The lowest BCUT2D eigenvalue weighted by molar-refractivity contribution is -0.384. The summed E-state index contributed by atoms with van der Waals surface area (Å²) in [7, 11) is 0. The van der Waals surface area contributed by atoms with Crippen molar-refractivity contribution >= 4 is 17.3 Å². The molecular weight excluding hydrogens is 386 g/mol. The van der Waals surface area contributed by atoms with Crippen LogP contribution in [-0.4, -0.2) is 62.1 Å². The van der Waals surface area contributed by atoms with Gasteiger partial charge in [-0.15, -0.1) is 10.2 Å². The van der Waals surface area contributed by atoms with Crippen LogP contribution in [0, 0.1) is 17.0 Å². The number of nitrogens with zero attached hydrogens (tertiary/aromatic N) is 7. The summed E-state index contributed by atoms with van der Waals surface area (Å²) in [5.74, 6) is 0.441. The Morgan fingerprint density at radius 2 is 1.77 bits per heavy atom. The van der Waals surface area contributed by atoms with Gasteiger partial charge >= 0.3 is 0 Å². The van der Waals surface area contributed by atoms with Gasteiger partial charge < -0.3 is 9.80 Å². The highest BCUT2D eigenvalue weighted by molar-refractivity contribution is 5.76. The Balaban J connectivity index is 1.34. The minimum Gasteiger partial charge on any atom is -0.368 e. The van der Waals surface area contributed by atoms with Gasteiger partial charge in [-0.1, -0.05) is 24.3 Å². The second-order valence-electron chi connectivity index (χ2n) is 7.10. The number of benzene rings is 2. The summed E-state index contributed by atoms with van der Waals surface area (Å²) < 4.78 is 0. The summed E-state index contributed by atoms with van der Waals surface area (Å²) in [4.78, 5) is 28.2. The van der Waals surface area contributed by atoms with Crippen LogP contribution in [0.15, 0.2) is 48.5 Å². The van der Waals surface area contributed by atoms with Gasteiger partial charge in [0.05, 0.1) is 4.92 Å². The van der Waals surface area contributed by atoms with E-state index in [1.54, 1.807) is 17.0 Å². The van der Waals surface area contributed by atoms with E-state index >= 15 is 0 Å². The highest BCUT2D eigenvalue weighted by Gasteiger charge is 2.23. The molecule has 0 spiro atoms. The first-order valence-electron chi connectivity index (χ1n) is 9.62. The summed E-state index contributed by atoms with van der Waals surface area (Å²) >= 11 is 0. The number of nitro benzene ring substituents is 1. The van der Waals surface area contributed by atoms with Crippen LogP contribution in [0.3, 0.4) is 0 Å². The smallest absolute Gasteiger partial charge is 0.269 e. The van der Waals surface area contributed by atoms with E-state index in [9.17, 15) is 14.9 Å². The molecule has 0 atom stereocenters. The second kappa shape index (κ2) is 8.27. The van der Waals surface area contributed by atoms with Crippen molar-refractivity contribution in [1.82, 2.24) is 25.1 Å². The molecule has 154 valence electrons. The van der Waals surface area contributed by atoms with E-state index < -0.39 is 4.92 Å². The summed E-state index contributed by atoms with van der Waals surface area (Å²) in [6.45, 7) is 4.46. The van der Waals surface area contributed by atoms with Gasteiger partial charge in [-0.25, -0.2) is 0 Å². The molecule has 0 radical (unpaired) electrons. The van der Waals surface area contributed by atoms with Crippen LogP contribution in [0.2, 0.25) is 0 Å². The van der Waals surface area contributed by atoms with Crippen molar-refractivity contribution < 1.29 is 9.72 Å². The number of aromatic nitrogens is 4. The molecule has 0 saturated carbocycles. The molecule has 2 aromatic carbocycles. The number of anilines is 1. The number of hydrogen-bond acceptors (Lipinski definition) is 7. The normalized spacial score (nSPS) is 14.0. The number of carbonyl (C=O) groups is 1. The number of aryl methyl sites for hydroxylation is 1. The van der Waals surface area contributed by atoms with Crippen LogP contribution in [0.4, 0.5) is 11.4 Å². The molecular formula is C20H21N7O3. The molecule has 4 rings (SSSR count). The van der Waals surface area contributed by atoms with Gasteiger partial charge in [-0.2, -0.15) is 4.80 Å². The Labute approximate surface area is 172 Å². The van der Waals surface area contributed by atoms with Crippen molar-refractivity contribution in [2.75, 3.05) is 31.1 Å². The highest BCUT2D eigenvalue weighted by atomic mass is 16.6. The zero-order valence-corrected chi connectivity index (χ0v) is 16.5. The molecule has 2 heterocycles. The van der Waals surface area contributed by atoms with Crippen LogP contribution in [-0.2, 0) is 11.3 Å². The Morgan fingerprint density at radius 3 is 2.43 bits per heavy atom. The summed E-state index contributed by atoms with van der Waals surface area (Å²) in [6, 6.07) is 14.2. The van der Waals surface area contributed by atoms with Gasteiger partial charge in [0.2, 0.25) is 11.7 Å². The molecule has 3 aromatic rings. The molecule has 1 aliphatic rings. The summed E-state index contributed by atoms with van der Waals surface area (Å²) in [6.07, 6.45) is 0. The van der Waals surface area contributed by atoms with Crippen molar-refractivity contribution in [2.24, 2.45) is 0 Å². The van der Waals surface area contributed by atoms with Gasteiger partial charge in [0.25, 0.3) is 5.69 Å². The van der Waals surface area contributed by atoms with E-state index in [0.29, 0.717) is 32.0 Å². The van der Waals surface area contributed by atoms with Crippen molar-refractivity contribution in [1.29, 1.82) is 0 Å². The van der Waals surface area contributed by atoms with E-state index in [1.807, 2.05) is 31.2 Å². The molecule has 1 fully saturated rings. The molecule has 30 heavy (non-hydrogen) atoms. The van der Waals surface area contributed by atoms with E-state index in [2.05, 4.69) is 20.3 Å². The Bertz CT molecular complexity index is 1060. The molecule has 1 saturated heterocycles. The SMILES string of the molecule is Cc1ccccc1-c1nnn(CC(=O)N2CCN(c3ccc([N+](=O)[O-])cc3)CC2)n1. The fourth-order valence-electron chi connectivity index (χ4n) is 3.46. The molecule has 0 bridgehead atoms.